The van der Waals surface area contributed by atoms with Crippen LogP contribution in [0.25, 0.3) is 22.2 Å². The van der Waals surface area contributed by atoms with Gasteiger partial charge in [0, 0.05) is 34.9 Å². The quantitative estimate of drug-likeness (QED) is 0.207. The summed E-state index contributed by atoms with van der Waals surface area (Å²) in [6.45, 7) is 8.91. The van der Waals surface area contributed by atoms with Gasteiger partial charge in [0.25, 0.3) is 5.91 Å². The van der Waals surface area contributed by atoms with Crippen LogP contribution >= 0.6 is 0 Å². The number of nitrogens with zero attached hydrogens (tertiary/aromatic N) is 2. The molecule has 1 spiro atoms. The molecule has 1 saturated heterocycles. The molecule has 4 aliphatic rings. The first-order valence-electron chi connectivity index (χ1n) is 19.9. The normalized spacial score (nSPS) is 23.5. The molecular formula is C42H53N5O9S. The Kier molecular flexibility index (Phi) is 10.7. The first-order chi connectivity index (χ1) is 27.0. The number of rotatable bonds is 13. The van der Waals surface area contributed by atoms with E-state index in [4.69, 9.17) is 19.2 Å². The monoisotopic (exact) mass is 803 g/mol. The van der Waals surface area contributed by atoms with E-state index >= 15 is 0 Å². The van der Waals surface area contributed by atoms with Crippen LogP contribution in [-0.4, -0.2) is 90.3 Å². The molecule has 15 heteroatoms. The topological polar surface area (TPSA) is 182 Å². The third kappa shape index (κ3) is 8.12. The first kappa shape index (κ1) is 40.3. The summed E-state index contributed by atoms with van der Waals surface area (Å²) in [6.07, 6.45) is 2.60. The zero-order valence-electron chi connectivity index (χ0n) is 33.4. The molecule has 1 unspecified atom stereocenters. The average molecular weight is 804 g/mol. The van der Waals surface area contributed by atoms with E-state index in [-0.39, 0.29) is 18.9 Å². The first-order valence-corrected chi connectivity index (χ1v) is 21.4. The van der Waals surface area contributed by atoms with Crippen LogP contribution in [0, 0.1) is 11.3 Å². The Bertz CT molecular complexity index is 2170. The van der Waals surface area contributed by atoms with E-state index in [2.05, 4.69) is 15.4 Å². The number of alkyl carbamates (subject to hydrolysis) is 1. The Labute approximate surface area is 333 Å². The molecule has 57 heavy (non-hydrogen) atoms. The van der Waals surface area contributed by atoms with Gasteiger partial charge >= 0.3 is 6.09 Å². The van der Waals surface area contributed by atoms with Crippen LogP contribution in [0.15, 0.2) is 54.6 Å². The molecule has 14 nitrogen and oxygen atoms in total. The molecule has 3 saturated carbocycles. The van der Waals surface area contributed by atoms with Crippen LogP contribution in [0.2, 0.25) is 0 Å². The molecule has 3 aromatic rings. The highest BCUT2D eigenvalue weighted by molar-refractivity contribution is 7.91. The SMILES string of the molecule is CC[C@H](C)[C@H](NC(=O)OC(C)(C)C)C(=O)N1C[C@H](Oc2cc(-c3ccccc3)nc3cc(OC)ccc23)C[C@H]1C(=O)NC1(C(=O)NS(=O)(=O)C2CC2)CC12CCC2. The predicted molar refractivity (Wildman–Crippen MR) is 213 cm³/mol. The zero-order valence-corrected chi connectivity index (χ0v) is 34.2. The van der Waals surface area contributed by atoms with Gasteiger partial charge in [0.05, 0.1) is 30.1 Å². The van der Waals surface area contributed by atoms with E-state index < -0.39 is 73.8 Å². The van der Waals surface area contributed by atoms with Crippen LogP contribution in [0.1, 0.15) is 86.0 Å². The van der Waals surface area contributed by atoms with Gasteiger partial charge < -0.3 is 29.7 Å². The van der Waals surface area contributed by atoms with E-state index in [0.29, 0.717) is 66.6 Å². The minimum Gasteiger partial charge on any atom is -0.497 e. The Morgan fingerprint density at radius 3 is 2.35 bits per heavy atom. The molecule has 2 aromatic carbocycles. The lowest BCUT2D eigenvalue weighted by Gasteiger charge is -2.35. The van der Waals surface area contributed by atoms with Crippen molar-refractivity contribution in [1.29, 1.82) is 0 Å². The van der Waals surface area contributed by atoms with Crippen molar-refractivity contribution in [1.82, 2.24) is 25.2 Å². The summed E-state index contributed by atoms with van der Waals surface area (Å²) in [5, 5.41) is 5.82. The van der Waals surface area contributed by atoms with Crippen molar-refractivity contribution in [3.63, 3.8) is 0 Å². The number of methoxy groups -OCH3 is 1. The van der Waals surface area contributed by atoms with Crippen molar-refractivity contribution in [3.05, 3.63) is 54.6 Å². The standard InChI is InChI=1S/C42H53N5O9S/c1-7-25(2)35(44-39(51)56-40(3,4)5)37(49)47-23-28(55-34-22-31(26-12-9-8-10-13-26)43-32-20-27(54-6)14-17-30(32)34)21-33(47)36(48)45-42(24-41(42)18-11-19-41)38(50)46-57(52,53)29-15-16-29/h8-10,12-14,17,20,22,25,28-29,33,35H,7,11,15-16,18-19,21,23-24H2,1-6H3,(H,44,51)(H,45,48)(H,46,50)/t25-,28+,33-,35-,42?/m0/s1. The van der Waals surface area contributed by atoms with Gasteiger partial charge in [0.1, 0.15) is 40.8 Å². The summed E-state index contributed by atoms with van der Waals surface area (Å²) in [6, 6.07) is 14.8. The highest BCUT2D eigenvalue weighted by Crippen LogP contribution is 2.68. The van der Waals surface area contributed by atoms with Crippen molar-refractivity contribution < 1.29 is 41.8 Å². The average Bonchev–Trinajstić information content (AvgIpc) is 4.08. The lowest BCUT2D eigenvalue weighted by Crippen LogP contribution is -2.60. The van der Waals surface area contributed by atoms with Gasteiger partial charge in [-0.3, -0.25) is 19.1 Å². The van der Waals surface area contributed by atoms with Gasteiger partial charge in [-0.15, -0.1) is 0 Å². The van der Waals surface area contributed by atoms with Crippen molar-refractivity contribution >= 4 is 44.7 Å². The number of nitrogens with one attached hydrogen (secondary N) is 3. The van der Waals surface area contributed by atoms with E-state index in [1.807, 2.05) is 62.4 Å². The Morgan fingerprint density at radius 1 is 1.04 bits per heavy atom. The number of hydrogen-bond acceptors (Lipinski definition) is 10. The second-order valence-electron chi connectivity index (χ2n) is 17.1. The number of ether oxygens (including phenoxy) is 3. The molecule has 306 valence electrons. The smallest absolute Gasteiger partial charge is 0.408 e. The predicted octanol–water partition coefficient (Wildman–Crippen LogP) is 5.24. The van der Waals surface area contributed by atoms with Crippen molar-refractivity contribution in [3.8, 4) is 22.8 Å². The molecule has 2 heterocycles. The summed E-state index contributed by atoms with van der Waals surface area (Å²) in [5.74, 6) is -1.07. The van der Waals surface area contributed by atoms with Gasteiger partial charge in [0.15, 0.2) is 0 Å². The van der Waals surface area contributed by atoms with Crippen LogP contribution in [0.5, 0.6) is 11.5 Å². The summed E-state index contributed by atoms with van der Waals surface area (Å²) >= 11 is 0. The van der Waals surface area contributed by atoms with Gasteiger partial charge in [-0.25, -0.2) is 18.2 Å². The van der Waals surface area contributed by atoms with E-state index in [9.17, 15) is 27.6 Å². The highest BCUT2D eigenvalue weighted by atomic mass is 32.2. The summed E-state index contributed by atoms with van der Waals surface area (Å²) in [5.41, 5.74) is -0.650. The van der Waals surface area contributed by atoms with Crippen molar-refractivity contribution in [2.45, 2.75) is 121 Å². The fourth-order valence-corrected chi connectivity index (χ4v) is 9.56. The lowest BCUT2D eigenvalue weighted by molar-refractivity contribution is -0.142. The number of amides is 4. The number of hydrogen-bond donors (Lipinski definition) is 3. The van der Waals surface area contributed by atoms with Crippen molar-refractivity contribution in [2.24, 2.45) is 11.3 Å². The number of aromatic nitrogens is 1. The van der Waals surface area contributed by atoms with Gasteiger partial charge in [-0.05, 0) is 70.9 Å². The van der Waals surface area contributed by atoms with Gasteiger partial charge in [0.2, 0.25) is 21.8 Å². The number of carbonyl (C=O) groups is 4. The maximum absolute atomic E-state index is 14.7. The Morgan fingerprint density at radius 2 is 1.75 bits per heavy atom. The largest absolute Gasteiger partial charge is 0.497 e. The fourth-order valence-electron chi connectivity index (χ4n) is 8.21. The molecule has 1 aromatic heterocycles. The minimum atomic E-state index is -3.88. The summed E-state index contributed by atoms with van der Waals surface area (Å²) < 4.78 is 45.8. The third-order valence-electron chi connectivity index (χ3n) is 12.0. The Balaban J connectivity index is 1.22. The minimum absolute atomic E-state index is 0.0130. The maximum atomic E-state index is 14.7. The number of carbonyl (C=O) groups excluding carboxylic acids is 4. The van der Waals surface area contributed by atoms with E-state index in [1.54, 1.807) is 33.9 Å². The van der Waals surface area contributed by atoms with Gasteiger partial charge in [-0.2, -0.15) is 0 Å². The van der Waals surface area contributed by atoms with E-state index in [0.717, 1.165) is 12.0 Å². The second-order valence-corrected chi connectivity index (χ2v) is 19.1. The fraction of sp³-hybridized carbons (Fsp3) is 0.548. The lowest BCUT2D eigenvalue weighted by atomic mass is 9.77. The molecule has 4 amide bonds. The number of fused-ring (bicyclic) bond motifs is 1. The van der Waals surface area contributed by atoms with Crippen LogP contribution in [0.3, 0.4) is 0 Å². The molecule has 1 aliphatic heterocycles. The zero-order chi connectivity index (χ0) is 40.9. The third-order valence-corrected chi connectivity index (χ3v) is 13.8. The van der Waals surface area contributed by atoms with Crippen LogP contribution in [-0.2, 0) is 29.1 Å². The molecule has 7 rings (SSSR count). The maximum Gasteiger partial charge on any atom is 0.408 e. The second kappa shape index (κ2) is 15.1. The summed E-state index contributed by atoms with van der Waals surface area (Å²) in [4.78, 5) is 62.6. The highest BCUT2D eigenvalue weighted by Gasteiger charge is 2.75. The van der Waals surface area contributed by atoms with Crippen molar-refractivity contribution in [2.75, 3.05) is 13.7 Å². The molecular weight excluding hydrogens is 751 g/mol. The van der Waals surface area contributed by atoms with Gasteiger partial charge in [-0.1, -0.05) is 57.0 Å². The van der Waals surface area contributed by atoms with Crippen LogP contribution < -0.4 is 24.8 Å². The molecule has 0 bridgehead atoms. The molecule has 4 fully saturated rings. The molecule has 3 aliphatic carbocycles. The molecule has 0 radical (unpaired) electrons. The number of benzene rings is 2. The number of sulfonamides is 1. The molecule has 5 atom stereocenters. The molecule has 3 N–H and O–H groups in total. The summed E-state index contributed by atoms with van der Waals surface area (Å²) in [7, 11) is -2.30. The number of likely N-dealkylation sites (tertiary alicyclic amines) is 1. The Hall–Kier alpha value is -4.92. The van der Waals surface area contributed by atoms with E-state index in [1.165, 1.54) is 4.90 Å². The number of pyridine rings is 1. The van der Waals surface area contributed by atoms with Crippen LogP contribution in [0.4, 0.5) is 4.79 Å².